The lowest BCUT2D eigenvalue weighted by atomic mass is 10.1. The predicted molar refractivity (Wildman–Crippen MR) is 72.9 cm³/mol. The molecular formula is C14H20N2O3. The van der Waals surface area contributed by atoms with Crippen molar-refractivity contribution in [2.24, 2.45) is 0 Å². The minimum Gasteiger partial charge on any atom is -0.496 e. The van der Waals surface area contributed by atoms with Gasteiger partial charge in [0.05, 0.1) is 33.4 Å². The van der Waals surface area contributed by atoms with Crippen LogP contribution in [0.5, 0.6) is 17.2 Å². The maximum Gasteiger partial charge on any atom is 0.164 e. The third kappa shape index (κ3) is 4.04. The Morgan fingerprint density at radius 3 is 2.21 bits per heavy atom. The van der Waals surface area contributed by atoms with Crippen molar-refractivity contribution in [2.75, 3.05) is 27.9 Å². The first-order chi connectivity index (χ1) is 9.15. The first-order valence-corrected chi connectivity index (χ1v) is 6.08. The van der Waals surface area contributed by atoms with E-state index < -0.39 is 0 Å². The summed E-state index contributed by atoms with van der Waals surface area (Å²) in [6.07, 6.45) is 0.746. The molecule has 0 aromatic heterocycles. The number of ether oxygens (including phenoxy) is 3. The maximum absolute atomic E-state index is 8.71. The molecule has 19 heavy (non-hydrogen) atoms. The summed E-state index contributed by atoms with van der Waals surface area (Å²) >= 11 is 0. The Balaban J connectivity index is 2.84. The van der Waals surface area contributed by atoms with Crippen molar-refractivity contribution >= 4 is 0 Å². The Kier molecular flexibility index (Phi) is 5.97. The SMILES string of the molecule is COc1cc(OC)c(OC)cc1CCNC(C)C#N. The molecule has 0 fully saturated rings. The van der Waals surface area contributed by atoms with Crippen molar-refractivity contribution in [1.29, 1.82) is 5.26 Å². The molecule has 0 saturated carbocycles. The fourth-order valence-corrected chi connectivity index (χ4v) is 1.76. The van der Waals surface area contributed by atoms with E-state index in [9.17, 15) is 0 Å². The predicted octanol–water partition coefficient (Wildman–Crippen LogP) is 1.76. The molecule has 1 rings (SSSR count). The molecule has 104 valence electrons. The molecule has 0 aliphatic rings. The number of benzene rings is 1. The highest BCUT2D eigenvalue weighted by atomic mass is 16.5. The van der Waals surface area contributed by atoms with Gasteiger partial charge in [-0.05, 0) is 25.0 Å². The summed E-state index contributed by atoms with van der Waals surface area (Å²) in [6, 6.07) is 5.68. The van der Waals surface area contributed by atoms with Crippen LogP contribution < -0.4 is 19.5 Å². The van der Waals surface area contributed by atoms with E-state index in [-0.39, 0.29) is 6.04 Å². The highest BCUT2D eigenvalue weighted by molar-refractivity contribution is 5.50. The van der Waals surface area contributed by atoms with Crippen molar-refractivity contribution in [3.63, 3.8) is 0 Å². The molecule has 0 bridgehead atoms. The van der Waals surface area contributed by atoms with Crippen molar-refractivity contribution in [2.45, 2.75) is 19.4 Å². The highest BCUT2D eigenvalue weighted by Gasteiger charge is 2.11. The number of hydrogen-bond acceptors (Lipinski definition) is 5. The average molecular weight is 264 g/mol. The highest BCUT2D eigenvalue weighted by Crippen LogP contribution is 2.34. The normalized spacial score (nSPS) is 11.5. The van der Waals surface area contributed by atoms with Gasteiger partial charge in [0.15, 0.2) is 11.5 Å². The topological polar surface area (TPSA) is 63.5 Å². The lowest BCUT2D eigenvalue weighted by Crippen LogP contribution is -2.26. The summed E-state index contributed by atoms with van der Waals surface area (Å²) in [5.74, 6) is 2.07. The molecule has 0 heterocycles. The molecule has 1 aromatic rings. The molecule has 0 amide bonds. The van der Waals surface area contributed by atoms with Crippen LogP contribution in [-0.2, 0) is 6.42 Å². The van der Waals surface area contributed by atoms with Gasteiger partial charge in [0.1, 0.15) is 5.75 Å². The van der Waals surface area contributed by atoms with Gasteiger partial charge in [-0.1, -0.05) is 0 Å². The molecule has 0 saturated heterocycles. The van der Waals surface area contributed by atoms with Gasteiger partial charge >= 0.3 is 0 Å². The Bertz CT molecular complexity index is 455. The molecule has 1 atom stereocenters. The third-order valence-electron chi connectivity index (χ3n) is 2.83. The second-order valence-electron chi connectivity index (χ2n) is 4.07. The lowest BCUT2D eigenvalue weighted by molar-refractivity contribution is 0.347. The van der Waals surface area contributed by atoms with Crippen LogP contribution in [0, 0.1) is 11.3 Å². The van der Waals surface area contributed by atoms with E-state index in [4.69, 9.17) is 19.5 Å². The minimum atomic E-state index is -0.161. The molecule has 1 N–H and O–H groups in total. The summed E-state index contributed by atoms with van der Waals surface area (Å²) in [7, 11) is 4.81. The third-order valence-corrected chi connectivity index (χ3v) is 2.83. The summed E-state index contributed by atoms with van der Waals surface area (Å²) < 4.78 is 15.8. The minimum absolute atomic E-state index is 0.161. The smallest absolute Gasteiger partial charge is 0.164 e. The van der Waals surface area contributed by atoms with E-state index in [0.29, 0.717) is 18.0 Å². The van der Waals surface area contributed by atoms with Gasteiger partial charge in [0.2, 0.25) is 0 Å². The zero-order valence-electron chi connectivity index (χ0n) is 11.8. The summed E-state index contributed by atoms with van der Waals surface area (Å²) in [4.78, 5) is 0. The molecule has 1 aromatic carbocycles. The van der Waals surface area contributed by atoms with Crippen LogP contribution in [0.25, 0.3) is 0 Å². The Morgan fingerprint density at radius 1 is 1.11 bits per heavy atom. The molecule has 1 unspecified atom stereocenters. The monoisotopic (exact) mass is 264 g/mol. The molecule has 5 nitrogen and oxygen atoms in total. The molecule has 0 spiro atoms. The van der Waals surface area contributed by atoms with Crippen LogP contribution in [0.1, 0.15) is 12.5 Å². The summed E-state index contributed by atoms with van der Waals surface area (Å²) in [5, 5.41) is 11.8. The number of nitriles is 1. The quantitative estimate of drug-likeness (QED) is 0.813. The molecule has 0 aliphatic carbocycles. The lowest BCUT2D eigenvalue weighted by Gasteiger charge is -2.14. The summed E-state index contributed by atoms with van der Waals surface area (Å²) in [6.45, 7) is 2.52. The maximum atomic E-state index is 8.71. The zero-order valence-corrected chi connectivity index (χ0v) is 11.8. The van der Waals surface area contributed by atoms with Crippen LogP contribution in [-0.4, -0.2) is 33.9 Å². The van der Waals surface area contributed by atoms with Crippen LogP contribution in [0.3, 0.4) is 0 Å². The van der Waals surface area contributed by atoms with E-state index >= 15 is 0 Å². The molecular weight excluding hydrogens is 244 g/mol. The number of hydrogen-bond donors (Lipinski definition) is 1. The van der Waals surface area contributed by atoms with E-state index in [2.05, 4.69) is 11.4 Å². The van der Waals surface area contributed by atoms with Crippen molar-refractivity contribution in [1.82, 2.24) is 5.32 Å². The van der Waals surface area contributed by atoms with Gasteiger partial charge in [0, 0.05) is 12.6 Å². The van der Waals surface area contributed by atoms with Gasteiger partial charge in [0.25, 0.3) is 0 Å². The van der Waals surface area contributed by atoms with E-state index in [1.165, 1.54) is 0 Å². The first kappa shape index (κ1) is 15.1. The molecule has 5 heteroatoms. The number of rotatable bonds is 7. The van der Waals surface area contributed by atoms with Crippen LogP contribution >= 0.6 is 0 Å². The average Bonchev–Trinajstić information content (AvgIpc) is 2.46. The number of nitrogens with zero attached hydrogens (tertiary/aromatic N) is 1. The number of nitrogens with one attached hydrogen (secondary N) is 1. The van der Waals surface area contributed by atoms with Crippen LogP contribution in [0.2, 0.25) is 0 Å². The van der Waals surface area contributed by atoms with Gasteiger partial charge < -0.3 is 19.5 Å². The van der Waals surface area contributed by atoms with Crippen LogP contribution in [0.4, 0.5) is 0 Å². The van der Waals surface area contributed by atoms with Gasteiger partial charge in [-0.3, -0.25) is 0 Å². The molecule has 0 radical (unpaired) electrons. The Hall–Kier alpha value is -1.93. The second-order valence-corrected chi connectivity index (χ2v) is 4.07. The second kappa shape index (κ2) is 7.49. The number of methoxy groups -OCH3 is 3. The van der Waals surface area contributed by atoms with E-state index in [1.807, 2.05) is 19.1 Å². The Labute approximate surface area is 114 Å². The first-order valence-electron chi connectivity index (χ1n) is 6.08. The van der Waals surface area contributed by atoms with Crippen molar-refractivity contribution in [3.05, 3.63) is 17.7 Å². The summed E-state index contributed by atoms with van der Waals surface area (Å²) in [5.41, 5.74) is 1.01. The Morgan fingerprint density at radius 2 is 1.68 bits per heavy atom. The van der Waals surface area contributed by atoms with Crippen molar-refractivity contribution < 1.29 is 14.2 Å². The van der Waals surface area contributed by atoms with E-state index in [0.717, 1.165) is 17.7 Å². The molecule has 0 aliphatic heterocycles. The van der Waals surface area contributed by atoms with Crippen molar-refractivity contribution in [3.8, 4) is 23.3 Å². The largest absolute Gasteiger partial charge is 0.496 e. The van der Waals surface area contributed by atoms with Crippen LogP contribution in [0.15, 0.2) is 12.1 Å². The fourth-order valence-electron chi connectivity index (χ4n) is 1.76. The van der Waals surface area contributed by atoms with Gasteiger partial charge in [-0.2, -0.15) is 5.26 Å². The van der Waals surface area contributed by atoms with E-state index in [1.54, 1.807) is 21.3 Å². The standard InChI is InChI=1S/C14H20N2O3/c1-10(9-15)16-6-5-11-7-13(18-3)14(19-4)8-12(11)17-2/h7-8,10,16H,5-6H2,1-4H3. The fraction of sp³-hybridized carbons (Fsp3) is 0.500. The van der Waals surface area contributed by atoms with Gasteiger partial charge in [-0.15, -0.1) is 0 Å². The zero-order chi connectivity index (χ0) is 14.3. The van der Waals surface area contributed by atoms with Gasteiger partial charge in [-0.25, -0.2) is 0 Å².